The number of anilines is 2. The summed E-state index contributed by atoms with van der Waals surface area (Å²) < 4.78 is 45.0. The third kappa shape index (κ3) is 8.72. The third-order valence-corrected chi connectivity index (χ3v) is 6.25. The van der Waals surface area contributed by atoms with E-state index in [1.807, 2.05) is 0 Å². The van der Waals surface area contributed by atoms with Crippen molar-refractivity contribution in [3.05, 3.63) is 99.7 Å². The number of nitrogens with one attached hydrogen (secondary N) is 4. The number of halogens is 5. The molecule has 1 heterocycles. The molecule has 14 heteroatoms. The highest BCUT2D eigenvalue weighted by atomic mass is 35.5. The summed E-state index contributed by atoms with van der Waals surface area (Å²) in [6.07, 6.45) is -1.78. The van der Waals surface area contributed by atoms with Gasteiger partial charge in [-0.05, 0) is 66.2 Å². The zero-order valence-electron chi connectivity index (χ0n) is 21.5. The van der Waals surface area contributed by atoms with E-state index in [1.165, 1.54) is 30.5 Å². The van der Waals surface area contributed by atoms with Crippen molar-refractivity contribution in [2.45, 2.75) is 25.1 Å². The maximum atomic E-state index is 13.0. The molecule has 0 bridgehead atoms. The summed E-state index contributed by atoms with van der Waals surface area (Å²) in [5.41, 5.74) is 4.61. The normalized spacial score (nSPS) is 14.4. The summed E-state index contributed by atoms with van der Waals surface area (Å²) >= 11 is 11.4. The van der Waals surface area contributed by atoms with Crippen LogP contribution in [-0.4, -0.2) is 30.2 Å². The molecule has 1 unspecified atom stereocenters. The molecule has 0 spiro atoms. The maximum absolute atomic E-state index is 13.0. The molecule has 4 rings (SSSR count). The van der Waals surface area contributed by atoms with Gasteiger partial charge < -0.3 is 15.4 Å². The van der Waals surface area contributed by atoms with Crippen LogP contribution in [0.5, 0.6) is 5.75 Å². The van der Waals surface area contributed by atoms with Crippen LogP contribution in [-0.2, 0) is 22.2 Å². The minimum atomic E-state index is -4.67. The second-order valence-electron chi connectivity index (χ2n) is 8.86. The number of amides is 4. The number of ether oxygens (including phenoxy) is 1. The van der Waals surface area contributed by atoms with Crippen LogP contribution in [0.2, 0.25) is 10.0 Å². The van der Waals surface area contributed by atoms with Crippen LogP contribution in [0.1, 0.15) is 17.5 Å². The Hall–Kier alpha value is -4.55. The molecule has 218 valence electrons. The minimum Gasteiger partial charge on any atom is -0.486 e. The van der Waals surface area contributed by atoms with Crippen LogP contribution in [0, 0.1) is 0 Å². The molecule has 9 nitrogen and oxygen atoms in total. The van der Waals surface area contributed by atoms with Gasteiger partial charge in [0.05, 0.1) is 17.0 Å². The smallest absolute Gasteiger partial charge is 0.417 e. The van der Waals surface area contributed by atoms with E-state index in [-0.39, 0.29) is 17.8 Å². The first-order valence-electron chi connectivity index (χ1n) is 12.3. The SMILES string of the molecule is O=C(Cc1ccc(Cl)cc1)NNC(=O)C1=CC(Oc2ccc(NC(=O)Nc3ccc(Cl)c(C(F)(F)F)c3)cc2)CC=N1. The molecular weight excluding hydrogens is 598 g/mol. The van der Waals surface area contributed by atoms with Gasteiger partial charge in [0.2, 0.25) is 5.91 Å². The lowest BCUT2D eigenvalue weighted by molar-refractivity contribution is -0.137. The van der Waals surface area contributed by atoms with Gasteiger partial charge >= 0.3 is 12.2 Å². The second-order valence-corrected chi connectivity index (χ2v) is 9.70. The van der Waals surface area contributed by atoms with Crippen molar-refractivity contribution >= 4 is 58.6 Å². The van der Waals surface area contributed by atoms with Crippen LogP contribution in [0.15, 0.2) is 83.5 Å². The summed E-state index contributed by atoms with van der Waals surface area (Å²) in [5, 5.41) is 4.90. The Labute approximate surface area is 247 Å². The standard InChI is InChI=1S/C28H22Cl2F3N5O4/c29-17-3-1-16(2-4-17)13-25(39)37-38-26(40)24-15-21(11-12-34-24)42-20-8-5-18(6-9-20)35-27(41)36-19-7-10-23(30)22(14-19)28(31,32)33/h1-10,12,14-15,21H,11,13H2,(H,37,39)(H,38,40)(H2,35,36,41). The number of carbonyl (C=O) groups is 3. The lowest BCUT2D eigenvalue weighted by Crippen LogP contribution is -2.43. The molecule has 3 aromatic rings. The quantitative estimate of drug-likeness (QED) is 0.237. The molecule has 1 aliphatic rings. The molecule has 4 N–H and O–H groups in total. The number of nitrogens with zero attached hydrogens (tertiary/aromatic N) is 1. The van der Waals surface area contributed by atoms with Gasteiger partial charge in [-0.25, -0.2) is 4.79 Å². The van der Waals surface area contributed by atoms with Gasteiger partial charge in [0, 0.05) is 29.0 Å². The van der Waals surface area contributed by atoms with Crippen LogP contribution in [0.3, 0.4) is 0 Å². The monoisotopic (exact) mass is 619 g/mol. The topological polar surface area (TPSA) is 121 Å². The fraction of sp³-hybridized carbons (Fsp3) is 0.143. The fourth-order valence-electron chi connectivity index (χ4n) is 3.69. The molecular formula is C28H22Cl2F3N5O4. The Bertz CT molecular complexity index is 1530. The number of urea groups is 1. The summed E-state index contributed by atoms with van der Waals surface area (Å²) in [5.74, 6) is -0.640. The highest BCUT2D eigenvalue weighted by Crippen LogP contribution is 2.36. The number of hydrazine groups is 1. The Morgan fingerprint density at radius 1 is 0.905 bits per heavy atom. The van der Waals surface area contributed by atoms with Crippen LogP contribution < -0.4 is 26.2 Å². The molecule has 0 radical (unpaired) electrons. The van der Waals surface area contributed by atoms with Gasteiger partial charge in [-0.15, -0.1) is 0 Å². The number of aliphatic imine (C=N–C) groups is 1. The number of alkyl halides is 3. The van der Waals surface area contributed by atoms with Gasteiger partial charge in [-0.1, -0.05) is 35.3 Å². The highest BCUT2D eigenvalue weighted by molar-refractivity contribution is 6.31. The zero-order valence-corrected chi connectivity index (χ0v) is 23.0. The summed E-state index contributed by atoms with van der Waals surface area (Å²) in [6, 6.07) is 15.2. The fourth-order valence-corrected chi connectivity index (χ4v) is 4.04. The molecule has 0 saturated heterocycles. The van der Waals surface area contributed by atoms with E-state index in [2.05, 4.69) is 26.5 Å². The lowest BCUT2D eigenvalue weighted by atomic mass is 10.1. The van der Waals surface area contributed by atoms with Gasteiger partial charge in [-0.2, -0.15) is 13.2 Å². The zero-order chi connectivity index (χ0) is 30.3. The number of carbonyl (C=O) groups excluding carboxylic acids is 3. The van der Waals surface area contributed by atoms with E-state index in [0.29, 0.717) is 22.9 Å². The lowest BCUT2D eigenvalue weighted by Gasteiger charge is -2.18. The number of hydrogen-bond donors (Lipinski definition) is 4. The maximum Gasteiger partial charge on any atom is 0.417 e. The molecule has 1 aliphatic heterocycles. The Morgan fingerprint density at radius 2 is 1.57 bits per heavy atom. The summed E-state index contributed by atoms with van der Waals surface area (Å²) in [6.45, 7) is 0. The number of hydrogen-bond acceptors (Lipinski definition) is 5. The van der Waals surface area contributed by atoms with Gasteiger partial charge in [0.1, 0.15) is 17.6 Å². The first-order valence-corrected chi connectivity index (χ1v) is 13.0. The van der Waals surface area contributed by atoms with Gasteiger partial charge in [0.25, 0.3) is 5.91 Å². The molecule has 3 aromatic carbocycles. The first kappa shape index (κ1) is 30.4. The molecule has 4 amide bonds. The molecule has 0 saturated carbocycles. The molecule has 0 aromatic heterocycles. The molecule has 0 aliphatic carbocycles. The van der Waals surface area contributed by atoms with Crippen LogP contribution in [0.25, 0.3) is 0 Å². The average Bonchev–Trinajstić information content (AvgIpc) is 2.94. The van der Waals surface area contributed by atoms with Crippen molar-refractivity contribution in [2.24, 2.45) is 4.99 Å². The van der Waals surface area contributed by atoms with Crippen molar-refractivity contribution in [2.75, 3.05) is 10.6 Å². The Morgan fingerprint density at radius 3 is 2.26 bits per heavy atom. The predicted octanol–water partition coefficient (Wildman–Crippen LogP) is 6.15. The number of rotatable bonds is 7. The van der Waals surface area contributed by atoms with Crippen molar-refractivity contribution < 1.29 is 32.3 Å². The third-order valence-electron chi connectivity index (χ3n) is 5.67. The van der Waals surface area contributed by atoms with E-state index >= 15 is 0 Å². The Kier molecular flexibility index (Phi) is 9.71. The first-order chi connectivity index (χ1) is 20.0. The van der Waals surface area contributed by atoms with E-state index in [4.69, 9.17) is 27.9 Å². The van der Waals surface area contributed by atoms with E-state index < -0.39 is 40.7 Å². The summed E-state index contributed by atoms with van der Waals surface area (Å²) in [7, 11) is 0. The summed E-state index contributed by atoms with van der Waals surface area (Å²) in [4.78, 5) is 40.9. The van der Waals surface area contributed by atoms with Crippen molar-refractivity contribution in [3.8, 4) is 5.75 Å². The number of benzene rings is 3. The second kappa shape index (κ2) is 13.4. The van der Waals surface area contributed by atoms with Gasteiger partial charge in [-0.3, -0.25) is 25.4 Å². The van der Waals surface area contributed by atoms with Crippen LogP contribution in [0.4, 0.5) is 29.3 Å². The average molecular weight is 620 g/mol. The van der Waals surface area contributed by atoms with E-state index in [0.717, 1.165) is 17.7 Å². The van der Waals surface area contributed by atoms with Crippen molar-refractivity contribution in [3.63, 3.8) is 0 Å². The molecule has 42 heavy (non-hydrogen) atoms. The van der Waals surface area contributed by atoms with Crippen molar-refractivity contribution in [1.29, 1.82) is 0 Å². The molecule has 0 fully saturated rings. The van der Waals surface area contributed by atoms with Crippen molar-refractivity contribution in [1.82, 2.24) is 10.9 Å². The highest BCUT2D eigenvalue weighted by Gasteiger charge is 2.33. The predicted molar refractivity (Wildman–Crippen MR) is 153 cm³/mol. The largest absolute Gasteiger partial charge is 0.486 e. The van der Waals surface area contributed by atoms with E-state index in [9.17, 15) is 27.6 Å². The van der Waals surface area contributed by atoms with Gasteiger partial charge in [0.15, 0.2) is 0 Å². The van der Waals surface area contributed by atoms with Crippen LogP contribution >= 0.6 is 23.2 Å². The Balaban J connectivity index is 1.27. The van der Waals surface area contributed by atoms with E-state index in [1.54, 1.807) is 36.4 Å². The minimum absolute atomic E-state index is 0.0398. The molecule has 1 atom stereocenters.